The van der Waals surface area contributed by atoms with Crippen molar-refractivity contribution >= 4 is 30.9 Å². The Morgan fingerprint density at radius 1 is 0.600 bits per heavy atom. The molecule has 0 heterocycles. The summed E-state index contributed by atoms with van der Waals surface area (Å²) in [6.45, 7) is 0. The molecule has 0 aromatic rings. The van der Waals surface area contributed by atoms with Gasteiger partial charge in [0.1, 0.15) is 0 Å². The molecule has 0 saturated carbocycles. The van der Waals surface area contributed by atoms with E-state index in [1.165, 1.54) is 0 Å². The monoisotopic (exact) mass is 315 g/mol. The predicted octanol–water partition coefficient (Wildman–Crippen LogP) is -10.7. The number of hydrogen-bond acceptors (Lipinski definition) is 8. The van der Waals surface area contributed by atoms with Crippen molar-refractivity contribution in [1.82, 2.24) is 0 Å². The van der Waals surface area contributed by atoms with Crippen molar-refractivity contribution in [2.24, 2.45) is 0 Å². The molecule has 0 saturated heterocycles. The fourth-order valence-corrected chi connectivity index (χ4v) is 0. The van der Waals surface area contributed by atoms with Crippen molar-refractivity contribution in [2.75, 3.05) is 0 Å². The van der Waals surface area contributed by atoms with Gasteiger partial charge in [0.05, 0.1) is 0 Å². The van der Waals surface area contributed by atoms with Crippen molar-refractivity contribution in [3.63, 3.8) is 0 Å². The van der Waals surface area contributed by atoms with Gasteiger partial charge in [-0.05, 0) is 0 Å². The van der Waals surface area contributed by atoms with Crippen LogP contribution in [0.15, 0.2) is 0 Å². The van der Waals surface area contributed by atoms with Crippen LogP contribution in [0.3, 0.4) is 0 Å². The predicted molar refractivity (Wildman–Crippen MR) is 33.9 cm³/mol. The van der Waals surface area contributed by atoms with Gasteiger partial charge >= 0.3 is 113 Å². The van der Waals surface area contributed by atoms with E-state index in [1.807, 2.05) is 0 Å². The van der Waals surface area contributed by atoms with E-state index in [9.17, 15) is 0 Å². The molecule has 0 aliphatic carbocycles. The van der Waals surface area contributed by atoms with Crippen LogP contribution in [0.2, 0.25) is 0 Å². The Bertz CT molecular complexity index is 218. The van der Waals surface area contributed by atoms with Gasteiger partial charge in [0.25, 0.3) is 0 Å². The molecule has 0 aliphatic heterocycles. The quantitative estimate of drug-likeness (QED) is 0.236. The summed E-state index contributed by atoms with van der Waals surface area (Å²) >= 11 is 0. The Balaban J connectivity index is -0.0000000128. The van der Waals surface area contributed by atoms with Gasteiger partial charge in [-0.2, -0.15) is 0 Å². The van der Waals surface area contributed by atoms with Gasteiger partial charge in [-0.25, -0.2) is 0 Å². The summed E-state index contributed by atoms with van der Waals surface area (Å²) in [6, 6.07) is 0. The Morgan fingerprint density at radius 3 is 0.600 bits per heavy atom. The molecule has 0 aromatic carbocycles. The molecule has 0 fully saturated rings. The van der Waals surface area contributed by atoms with E-state index >= 15 is 0 Å². The van der Waals surface area contributed by atoms with Crippen molar-refractivity contribution < 1.29 is 149 Å². The van der Waals surface area contributed by atoms with Crippen molar-refractivity contribution in [2.45, 2.75) is 0 Å². The minimum Gasteiger partial charge on any atom is -0.759 e. The van der Waals surface area contributed by atoms with E-state index in [2.05, 4.69) is 0 Å². The molecule has 15 heteroatoms. The molecule has 0 amide bonds. The molecule has 0 bridgehead atoms. The van der Waals surface area contributed by atoms with Crippen LogP contribution in [0.4, 0.5) is 0 Å². The summed E-state index contributed by atoms with van der Waals surface area (Å²) in [5.41, 5.74) is 0. The molecule has 0 spiro atoms. The van der Waals surface area contributed by atoms with Gasteiger partial charge in [0.15, 0.2) is 0 Å². The molecule has 15 heavy (non-hydrogen) atoms. The second-order valence-corrected chi connectivity index (χ2v) is 2.45. The van der Waals surface area contributed by atoms with Gasteiger partial charge in [0, 0.05) is 20.8 Å². The van der Waals surface area contributed by atoms with Gasteiger partial charge in [-0.3, -0.25) is 16.8 Å². The van der Waals surface area contributed by atoms with Crippen LogP contribution >= 0.6 is 0 Å². The summed E-state index contributed by atoms with van der Waals surface area (Å²) in [5.74, 6) is 0. The minimum absolute atomic E-state index is 0. The van der Waals surface area contributed by atoms with Gasteiger partial charge in [-0.1, -0.05) is 0 Å². The molecule has 0 aromatic heterocycles. The second-order valence-electron chi connectivity index (χ2n) is 0.816. The Labute approximate surface area is 175 Å². The van der Waals surface area contributed by atoms with Crippen LogP contribution in [0.25, 0.3) is 0 Å². The standard InChI is InChI=1S/Be.2K.2H2O4S.2H2O/c;;;2*1-5(2,3)4;;/h;;;2*(H2,1,2,3,4);2*1H2/q+2;2*+1;;;;/p-4. The van der Waals surface area contributed by atoms with E-state index in [0.717, 1.165) is 0 Å². The first-order valence-electron chi connectivity index (χ1n) is 1.33. The smallest absolute Gasteiger partial charge is 0.759 e. The molecular weight excluding hydrogens is 311 g/mol. The first-order valence-corrected chi connectivity index (χ1v) is 4.00. The second kappa shape index (κ2) is 19.4. The molecule has 80 valence electrons. The average Bonchev–Trinajstić information content (AvgIpc) is 1.12. The Hall–Kier alpha value is 3.10. The van der Waals surface area contributed by atoms with Crippen LogP contribution in [-0.2, 0) is 20.8 Å². The SMILES string of the molecule is O.O.O=S(=O)([O-])[O-].O=S(=O)([O-])[O-].[Be+2].[K+].[K+]. The maximum Gasteiger partial charge on any atom is 2.00 e. The normalized spacial score (nSPS) is 7.73. The number of hydrogen-bond donors (Lipinski definition) is 0. The zero-order chi connectivity index (χ0) is 9.00. The third kappa shape index (κ3) is 405. The molecule has 0 aliphatic rings. The van der Waals surface area contributed by atoms with Crippen LogP contribution in [0.1, 0.15) is 0 Å². The topological polar surface area (TPSA) is 224 Å². The molecular formula is H4BeK2O10S2. The Morgan fingerprint density at radius 2 is 0.600 bits per heavy atom. The van der Waals surface area contributed by atoms with Crippen LogP contribution in [0.5, 0.6) is 0 Å². The molecule has 0 rings (SSSR count). The van der Waals surface area contributed by atoms with E-state index in [0.29, 0.717) is 0 Å². The summed E-state index contributed by atoms with van der Waals surface area (Å²) in [7, 11) is -10.3. The van der Waals surface area contributed by atoms with E-state index in [4.69, 9.17) is 35.0 Å². The van der Waals surface area contributed by atoms with E-state index in [1.54, 1.807) is 0 Å². The third-order valence-electron chi connectivity index (χ3n) is 0. The Kier molecular flexibility index (Phi) is 55.7. The first kappa shape index (κ1) is 43.0. The maximum atomic E-state index is 8.52. The van der Waals surface area contributed by atoms with E-state index < -0.39 is 20.8 Å². The molecule has 0 unspecified atom stereocenters. The van der Waals surface area contributed by atoms with Gasteiger partial charge < -0.3 is 29.2 Å². The van der Waals surface area contributed by atoms with E-state index in [-0.39, 0.29) is 124 Å². The summed E-state index contributed by atoms with van der Waals surface area (Å²) in [4.78, 5) is 0. The largest absolute Gasteiger partial charge is 2.00 e. The zero-order valence-electron chi connectivity index (χ0n) is 7.79. The van der Waals surface area contributed by atoms with Gasteiger partial charge in [0.2, 0.25) is 0 Å². The third-order valence-corrected chi connectivity index (χ3v) is 0. The zero-order valence-corrected chi connectivity index (χ0v) is 15.7. The molecule has 10 nitrogen and oxygen atoms in total. The van der Waals surface area contributed by atoms with Crippen molar-refractivity contribution in [3.8, 4) is 0 Å². The molecule has 0 atom stereocenters. The van der Waals surface area contributed by atoms with Crippen LogP contribution in [0, 0.1) is 0 Å². The van der Waals surface area contributed by atoms with Gasteiger partial charge in [-0.15, -0.1) is 0 Å². The summed E-state index contributed by atoms with van der Waals surface area (Å²) in [6.07, 6.45) is 0. The average molecular weight is 315 g/mol. The minimum atomic E-state index is -5.17. The fourth-order valence-electron chi connectivity index (χ4n) is 0. The van der Waals surface area contributed by atoms with Crippen LogP contribution in [-0.4, -0.2) is 56.1 Å². The van der Waals surface area contributed by atoms with Crippen molar-refractivity contribution in [3.05, 3.63) is 0 Å². The summed E-state index contributed by atoms with van der Waals surface area (Å²) < 4.78 is 68.2. The fraction of sp³-hybridized carbons (Fsp3) is 0. The molecule has 4 N–H and O–H groups in total. The van der Waals surface area contributed by atoms with Crippen molar-refractivity contribution in [1.29, 1.82) is 0 Å². The summed E-state index contributed by atoms with van der Waals surface area (Å²) in [5, 5.41) is 0. The first-order chi connectivity index (χ1) is 4.00. The van der Waals surface area contributed by atoms with Crippen LogP contribution < -0.4 is 103 Å². The maximum absolute atomic E-state index is 8.52. The number of rotatable bonds is 0. The molecule has 0 radical (unpaired) electrons.